The number of Topliss-reactive ketones (excluding diaryl/α,β-unsaturated/α-hetero) is 1. The zero-order chi connectivity index (χ0) is 18.1. The maximum atomic E-state index is 14.5. The van der Waals surface area contributed by atoms with Gasteiger partial charge in [-0.15, -0.1) is 0 Å². The molecule has 1 aromatic rings. The molecule has 25 heavy (non-hydrogen) atoms. The molecular formula is C17H21FN2O5. The molecule has 3 atom stereocenters. The molecule has 1 amide bonds. The van der Waals surface area contributed by atoms with Gasteiger partial charge in [0.15, 0.2) is 0 Å². The standard InChI is InChI=1S/C17H21FN2O5/c1-10(21)2-4-12-7-20(17(24)25-12)11-3-5-14(13(18)6-11)19-8-15(22)16(23)9-19/h3,5-6,12,15-16,22-23H,2,4,7-9H2,1H3/t12-,15?,16?/m0/s1. The number of amides is 1. The predicted molar refractivity (Wildman–Crippen MR) is 88.2 cm³/mol. The summed E-state index contributed by atoms with van der Waals surface area (Å²) in [5.74, 6) is -0.515. The van der Waals surface area contributed by atoms with Crippen LogP contribution in [-0.2, 0) is 9.53 Å². The number of halogens is 1. The predicted octanol–water partition coefficient (Wildman–Crippen LogP) is 1.06. The molecule has 2 aliphatic heterocycles. The summed E-state index contributed by atoms with van der Waals surface area (Å²) in [5, 5.41) is 19.2. The Kier molecular flexibility index (Phi) is 4.91. The average Bonchev–Trinajstić information content (AvgIpc) is 3.08. The summed E-state index contributed by atoms with van der Waals surface area (Å²) in [4.78, 5) is 25.9. The van der Waals surface area contributed by atoms with Crippen LogP contribution in [0.15, 0.2) is 18.2 Å². The van der Waals surface area contributed by atoms with Crippen molar-refractivity contribution in [1.82, 2.24) is 0 Å². The summed E-state index contributed by atoms with van der Waals surface area (Å²) < 4.78 is 19.7. The van der Waals surface area contributed by atoms with Crippen LogP contribution in [0.3, 0.4) is 0 Å². The molecule has 2 heterocycles. The zero-order valence-corrected chi connectivity index (χ0v) is 13.9. The number of cyclic esters (lactones) is 1. The van der Waals surface area contributed by atoms with Gasteiger partial charge in [0, 0.05) is 19.5 Å². The molecule has 8 heteroatoms. The summed E-state index contributed by atoms with van der Waals surface area (Å²) in [6.45, 7) is 2.05. The Morgan fingerprint density at radius 2 is 1.96 bits per heavy atom. The van der Waals surface area contributed by atoms with Gasteiger partial charge in [-0.2, -0.15) is 0 Å². The summed E-state index contributed by atoms with van der Waals surface area (Å²) in [5.41, 5.74) is 0.636. The Morgan fingerprint density at radius 1 is 1.28 bits per heavy atom. The van der Waals surface area contributed by atoms with E-state index in [9.17, 15) is 24.2 Å². The number of carbonyl (C=O) groups excluding carboxylic acids is 2. The van der Waals surface area contributed by atoms with E-state index in [2.05, 4.69) is 0 Å². The van der Waals surface area contributed by atoms with Gasteiger partial charge in [-0.3, -0.25) is 4.90 Å². The normalized spacial score (nSPS) is 26.2. The minimum absolute atomic E-state index is 0.0277. The molecule has 2 aliphatic rings. The number of hydrogen-bond donors (Lipinski definition) is 2. The quantitative estimate of drug-likeness (QED) is 0.824. The third-order valence-corrected chi connectivity index (χ3v) is 4.54. The first-order valence-corrected chi connectivity index (χ1v) is 8.23. The summed E-state index contributed by atoms with van der Waals surface area (Å²) in [7, 11) is 0. The average molecular weight is 352 g/mol. The molecule has 0 spiro atoms. The number of benzene rings is 1. The molecule has 0 radical (unpaired) electrons. The van der Waals surface area contributed by atoms with Gasteiger partial charge in [-0.25, -0.2) is 9.18 Å². The fourth-order valence-corrected chi connectivity index (χ4v) is 3.13. The second-order valence-corrected chi connectivity index (χ2v) is 6.53. The lowest BCUT2D eigenvalue weighted by Crippen LogP contribution is -2.26. The molecule has 0 aromatic heterocycles. The zero-order valence-electron chi connectivity index (χ0n) is 13.9. The smallest absolute Gasteiger partial charge is 0.414 e. The van der Waals surface area contributed by atoms with Crippen LogP contribution in [0.4, 0.5) is 20.6 Å². The number of aliphatic hydroxyl groups is 2. The molecule has 7 nitrogen and oxygen atoms in total. The first kappa shape index (κ1) is 17.6. The van der Waals surface area contributed by atoms with Gasteiger partial charge in [0.1, 0.15) is 17.7 Å². The van der Waals surface area contributed by atoms with E-state index in [1.807, 2.05) is 0 Å². The molecule has 136 valence electrons. The Labute approximate surface area is 144 Å². The molecule has 2 fully saturated rings. The molecule has 0 aliphatic carbocycles. The van der Waals surface area contributed by atoms with Crippen LogP contribution >= 0.6 is 0 Å². The van der Waals surface area contributed by atoms with Gasteiger partial charge in [-0.1, -0.05) is 0 Å². The van der Waals surface area contributed by atoms with E-state index >= 15 is 0 Å². The van der Waals surface area contributed by atoms with Crippen molar-refractivity contribution in [1.29, 1.82) is 0 Å². The third-order valence-electron chi connectivity index (χ3n) is 4.54. The van der Waals surface area contributed by atoms with Crippen molar-refractivity contribution < 1.29 is 28.9 Å². The van der Waals surface area contributed by atoms with Crippen LogP contribution in [0, 0.1) is 5.82 Å². The van der Waals surface area contributed by atoms with Crippen LogP contribution in [0.5, 0.6) is 0 Å². The highest BCUT2D eigenvalue weighted by molar-refractivity contribution is 5.90. The van der Waals surface area contributed by atoms with Gasteiger partial charge in [0.25, 0.3) is 0 Å². The highest BCUT2D eigenvalue weighted by atomic mass is 19.1. The lowest BCUT2D eigenvalue weighted by atomic mass is 10.1. The Morgan fingerprint density at radius 3 is 2.56 bits per heavy atom. The summed E-state index contributed by atoms with van der Waals surface area (Å²) in [6.07, 6.45) is -1.99. The highest BCUT2D eigenvalue weighted by Crippen LogP contribution is 2.30. The van der Waals surface area contributed by atoms with E-state index < -0.39 is 24.1 Å². The van der Waals surface area contributed by atoms with Crippen LogP contribution in [0.2, 0.25) is 0 Å². The molecule has 3 rings (SSSR count). The number of rotatable bonds is 5. The van der Waals surface area contributed by atoms with Crippen LogP contribution in [-0.4, -0.2) is 60.0 Å². The molecule has 2 unspecified atom stereocenters. The largest absolute Gasteiger partial charge is 0.444 e. The van der Waals surface area contributed by atoms with Gasteiger partial charge in [0.2, 0.25) is 0 Å². The van der Waals surface area contributed by atoms with E-state index in [0.717, 1.165) is 0 Å². The SMILES string of the molecule is CC(=O)CC[C@H]1CN(c2ccc(N3CC(O)C(O)C3)c(F)c2)C(=O)O1. The number of β-amino-alcohol motifs (C(OH)–C–C–N with tert-alkyl or cyclic N) is 2. The van der Waals surface area contributed by atoms with Gasteiger partial charge in [-0.05, 0) is 31.5 Å². The number of anilines is 2. The second-order valence-electron chi connectivity index (χ2n) is 6.53. The first-order valence-electron chi connectivity index (χ1n) is 8.23. The Hall–Kier alpha value is -2.19. The lowest BCUT2D eigenvalue weighted by molar-refractivity contribution is -0.117. The van der Waals surface area contributed by atoms with Gasteiger partial charge in [0.05, 0.1) is 30.1 Å². The van der Waals surface area contributed by atoms with E-state index in [-0.39, 0.29) is 37.2 Å². The van der Waals surface area contributed by atoms with Crippen LogP contribution in [0.1, 0.15) is 19.8 Å². The number of ketones is 1. The maximum absolute atomic E-state index is 14.5. The number of ether oxygens (including phenoxy) is 1. The fourth-order valence-electron chi connectivity index (χ4n) is 3.13. The molecule has 0 saturated carbocycles. The Balaban J connectivity index is 1.70. The van der Waals surface area contributed by atoms with E-state index in [0.29, 0.717) is 18.5 Å². The molecule has 2 saturated heterocycles. The van der Waals surface area contributed by atoms with E-state index in [4.69, 9.17) is 4.74 Å². The number of aliphatic hydroxyl groups excluding tert-OH is 2. The number of nitrogens with zero attached hydrogens (tertiary/aromatic N) is 2. The highest BCUT2D eigenvalue weighted by Gasteiger charge is 2.34. The van der Waals surface area contributed by atoms with E-state index in [1.54, 1.807) is 11.0 Å². The number of hydrogen-bond acceptors (Lipinski definition) is 6. The molecule has 0 bridgehead atoms. The molecule has 2 N–H and O–H groups in total. The van der Waals surface area contributed by atoms with Crippen molar-refractivity contribution in [2.45, 2.75) is 38.1 Å². The fraction of sp³-hybridized carbons (Fsp3) is 0.529. The van der Waals surface area contributed by atoms with E-state index in [1.165, 1.54) is 24.0 Å². The van der Waals surface area contributed by atoms with Gasteiger partial charge < -0.3 is 24.6 Å². The number of carbonyl (C=O) groups is 2. The van der Waals surface area contributed by atoms with Crippen molar-refractivity contribution in [3.05, 3.63) is 24.0 Å². The van der Waals surface area contributed by atoms with Gasteiger partial charge >= 0.3 is 6.09 Å². The van der Waals surface area contributed by atoms with Crippen molar-refractivity contribution in [2.75, 3.05) is 29.4 Å². The minimum atomic E-state index is -0.908. The summed E-state index contributed by atoms with van der Waals surface area (Å²) in [6, 6.07) is 4.36. The molecular weight excluding hydrogens is 331 g/mol. The van der Waals surface area contributed by atoms with Crippen molar-refractivity contribution in [3.8, 4) is 0 Å². The van der Waals surface area contributed by atoms with Crippen LogP contribution < -0.4 is 9.80 Å². The van der Waals surface area contributed by atoms with Crippen molar-refractivity contribution in [2.24, 2.45) is 0 Å². The maximum Gasteiger partial charge on any atom is 0.414 e. The van der Waals surface area contributed by atoms with Crippen molar-refractivity contribution in [3.63, 3.8) is 0 Å². The topological polar surface area (TPSA) is 90.3 Å². The second kappa shape index (κ2) is 6.97. The minimum Gasteiger partial charge on any atom is -0.444 e. The van der Waals surface area contributed by atoms with Crippen molar-refractivity contribution >= 4 is 23.3 Å². The molecule has 1 aromatic carbocycles. The Bertz CT molecular complexity index is 673. The third kappa shape index (κ3) is 3.74. The monoisotopic (exact) mass is 352 g/mol. The lowest BCUT2D eigenvalue weighted by Gasteiger charge is -2.20. The first-order chi connectivity index (χ1) is 11.8. The van der Waals surface area contributed by atoms with Crippen LogP contribution in [0.25, 0.3) is 0 Å². The summed E-state index contributed by atoms with van der Waals surface area (Å²) >= 11 is 0.